The van der Waals surface area contributed by atoms with Crippen molar-refractivity contribution in [2.24, 2.45) is 0 Å². The van der Waals surface area contributed by atoms with Crippen LogP contribution in [-0.4, -0.2) is 62.1 Å². The molecule has 0 aliphatic carbocycles. The number of carbonyl (C=O) groups is 1. The Labute approximate surface area is 169 Å². The normalized spacial score (nSPS) is 15.6. The van der Waals surface area contributed by atoms with E-state index in [1.54, 1.807) is 18.3 Å². The molecule has 7 nitrogen and oxygen atoms in total. The first-order valence-electron chi connectivity index (χ1n) is 9.29. The fraction of sp³-hybridized carbons (Fsp3) is 0.300. The van der Waals surface area contributed by atoms with Crippen LogP contribution >= 0.6 is 0 Å². The summed E-state index contributed by atoms with van der Waals surface area (Å²) in [6.45, 7) is 1.91. The molecule has 1 fully saturated rings. The third-order valence-electron chi connectivity index (χ3n) is 4.54. The highest BCUT2D eigenvalue weighted by Gasteiger charge is 2.27. The Morgan fingerprint density at radius 1 is 1.14 bits per heavy atom. The SMILES string of the molecule is O=C(C=Cc1cccc(F)c1)NCCS(=O)(=O)N1CCN(c2ccccn2)CC1. The van der Waals surface area contributed by atoms with Gasteiger partial charge in [-0.3, -0.25) is 4.79 Å². The molecule has 1 N–H and O–H groups in total. The molecule has 1 aromatic heterocycles. The molecule has 1 aromatic carbocycles. The van der Waals surface area contributed by atoms with Crippen molar-refractivity contribution < 1.29 is 17.6 Å². The first-order chi connectivity index (χ1) is 13.9. The van der Waals surface area contributed by atoms with Crippen LogP contribution in [-0.2, 0) is 14.8 Å². The third-order valence-corrected chi connectivity index (χ3v) is 6.41. The average Bonchev–Trinajstić information content (AvgIpc) is 2.73. The molecule has 9 heteroatoms. The van der Waals surface area contributed by atoms with Crippen molar-refractivity contribution in [1.82, 2.24) is 14.6 Å². The highest BCUT2D eigenvalue weighted by molar-refractivity contribution is 7.89. The number of nitrogens with one attached hydrogen (secondary N) is 1. The van der Waals surface area contributed by atoms with Crippen LogP contribution in [0.3, 0.4) is 0 Å². The number of carbonyl (C=O) groups excluding carboxylic acids is 1. The molecular formula is C20H23FN4O3S. The largest absolute Gasteiger partial charge is 0.354 e. The Morgan fingerprint density at radius 3 is 2.62 bits per heavy atom. The lowest BCUT2D eigenvalue weighted by atomic mass is 10.2. The first-order valence-corrected chi connectivity index (χ1v) is 10.9. The third kappa shape index (κ3) is 6.10. The molecule has 29 heavy (non-hydrogen) atoms. The molecule has 1 amide bonds. The van der Waals surface area contributed by atoms with Gasteiger partial charge < -0.3 is 10.2 Å². The summed E-state index contributed by atoms with van der Waals surface area (Å²) < 4.78 is 39.6. The van der Waals surface area contributed by atoms with Crippen LogP contribution in [0.4, 0.5) is 10.2 Å². The number of nitrogens with zero attached hydrogens (tertiary/aromatic N) is 3. The molecule has 0 spiro atoms. The fourth-order valence-corrected chi connectivity index (χ4v) is 4.35. The Bertz CT molecular complexity index is 959. The van der Waals surface area contributed by atoms with E-state index in [0.717, 1.165) is 5.82 Å². The lowest BCUT2D eigenvalue weighted by Crippen LogP contribution is -2.50. The van der Waals surface area contributed by atoms with Gasteiger partial charge in [0.05, 0.1) is 5.75 Å². The minimum atomic E-state index is -3.46. The lowest BCUT2D eigenvalue weighted by molar-refractivity contribution is -0.116. The van der Waals surface area contributed by atoms with Crippen molar-refractivity contribution in [3.63, 3.8) is 0 Å². The van der Waals surface area contributed by atoms with Crippen LogP contribution in [0.1, 0.15) is 5.56 Å². The van der Waals surface area contributed by atoms with Gasteiger partial charge in [0.1, 0.15) is 11.6 Å². The molecule has 0 unspecified atom stereocenters. The van der Waals surface area contributed by atoms with Gasteiger partial charge in [0.2, 0.25) is 15.9 Å². The van der Waals surface area contributed by atoms with Crippen molar-refractivity contribution in [2.45, 2.75) is 0 Å². The molecule has 0 bridgehead atoms. The Balaban J connectivity index is 1.43. The van der Waals surface area contributed by atoms with Crippen LogP contribution in [0.25, 0.3) is 6.08 Å². The molecule has 1 aliphatic rings. The number of hydrogen-bond donors (Lipinski definition) is 1. The predicted octanol–water partition coefficient (Wildman–Crippen LogP) is 1.50. The van der Waals surface area contributed by atoms with Crippen LogP contribution in [0, 0.1) is 5.82 Å². The van der Waals surface area contributed by atoms with Crippen molar-refractivity contribution in [3.8, 4) is 0 Å². The van der Waals surface area contributed by atoms with Crippen molar-refractivity contribution in [3.05, 3.63) is 66.1 Å². The zero-order valence-electron chi connectivity index (χ0n) is 15.9. The Kier molecular flexibility index (Phi) is 6.95. The molecule has 2 aromatic rings. The summed E-state index contributed by atoms with van der Waals surface area (Å²) in [6.07, 6.45) is 4.45. The van der Waals surface area contributed by atoms with Gasteiger partial charge in [-0.05, 0) is 35.9 Å². The molecule has 0 radical (unpaired) electrons. The van der Waals surface area contributed by atoms with Crippen molar-refractivity contribution in [1.29, 1.82) is 0 Å². The van der Waals surface area contributed by atoms with Gasteiger partial charge in [-0.15, -0.1) is 0 Å². The van der Waals surface area contributed by atoms with Crippen molar-refractivity contribution in [2.75, 3.05) is 43.4 Å². The summed E-state index contributed by atoms with van der Waals surface area (Å²) in [6, 6.07) is 11.5. The Morgan fingerprint density at radius 2 is 1.93 bits per heavy atom. The second-order valence-corrected chi connectivity index (χ2v) is 8.66. The minimum absolute atomic E-state index is 0.00904. The lowest BCUT2D eigenvalue weighted by Gasteiger charge is -2.34. The van der Waals surface area contributed by atoms with E-state index in [1.165, 1.54) is 28.6 Å². The van der Waals surface area contributed by atoms with E-state index in [9.17, 15) is 17.6 Å². The van der Waals surface area contributed by atoms with Gasteiger partial charge in [-0.1, -0.05) is 18.2 Å². The molecular weight excluding hydrogens is 395 g/mol. The Hall–Kier alpha value is -2.78. The van der Waals surface area contributed by atoms with Gasteiger partial charge in [-0.25, -0.2) is 17.8 Å². The van der Waals surface area contributed by atoms with E-state index < -0.39 is 15.9 Å². The van der Waals surface area contributed by atoms with Gasteiger partial charge >= 0.3 is 0 Å². The summed E-state index contributed by atoms with van der Waals surface area (Å²) in [5.74, 6) is -0.149. The predicted molar refractivity (Wildman–Crippen MR) is 110 cm³/mol. The van der Waals surface area contributed by atoms with Crippen LogP contribution in [0.5, 0.6) is 0 Å². The summed E-state index contributed by atoms with van der Waals surface area (Å²) in [5, 5.41) is 2.55. The van der Waals surface area contributed by atoms with E-state index in [4.69, 9.17) is 0 Å². The zero-order chi connectivity index (χ0) is 20.7. The second kappa shape index (κ2) is 9.62. The number of pyridine rings is 1. The molecule has 1 aliphatic heterocycles. The number of amides is 1. The minimum Gasteiger partial charge on any atom is -0.354 e. The van der Waals surface area contributed by atoms with Gasteiger partial charge in [0.15, 0.2) is 0 Å². The maximum atomic E-state index is 13.1. The average molecular weight is 418 g/mol. The topological polar surface area (TPSA) is 82.6 Å². The molecule has 154 valence electrons. The van der Waals surface area contributed by atoms with Crippen LogP contribution in [0.15, 0.2) is 54.7 Å². The number of halogens is 1. The molecule has 1 saturated heterocycles. The van der Waals surface area contributed by atoms with E-state index in [1.807, 2.05) is 23.1 Å². The summed E-state index contributed by atoms with van der Waals surface area (Å²) in [7, 11) is -3.46. The number of anilines is 1. The highest BCUT2D eigenvalue weighted by atomic mass is 32.2. The smallest absolute Gasteiger partial charge is 0.244 e. The first kappa shape index (κ1) is 20.9. The van der Waals surface area contributed by atoms with Crippen LogP contribution in [0.2, 0.25) is 0 Å². The number of benzene rings is 1. The number of aromatic nitrogens is 1. The van der Waals surface area contributed by atoms with Crippen LogP contribution < -0.4 is 10.2 Å². The van der Waals surface area contributed by atoms with Gasteiger partial charge in [0.25, 0.3) is 0 Å². The summed E-state index contributed by atoms with van der Waals surface area (Å²) in [5.41, 5.74) is 0.554. The molecule has 0 saturated carbocycles. The summed E-state index contributed by atoms with van der Waals surface area (Å²) >= 11 is 0. The van der Waals surface area contributed by atoms with Crippen molar-refractivity contribution >= 4 is 27.8 Å². The summed E-state index contributed by atoms with van der Waals surface area (Å²) in [4.78, 5) is 18.2. The molecule has 3 rings (SSSR count). The van der Waals surface area contributed by atoms with E-state index in [-0.39, 0.29) is 18.1 Å². The fourth-order valence-electron chi connectivity index (χ4n) is 3.01. The number of rotatable bonds is 7. The monoisotopic (exact) mass is 418 g/mol. The number of hydrogen-bond acceptors (Lipinski definition) is 5. The highest BCUT2D eigenvalue weighted by Crippen LogP contribution is 2.14. The number of sulfonamides is 1. The standard InChI is InChI=1S/C20H23FN4O3S/c21-18-5-3-4-17(16-18)7-8-20(26)23-10-15-29(27,28)25-13-11-24(12-14-25)19-6-1-2-9-22-19/h1-9,16H,10-15H2,(H,23,26). The van der Waals surface area contributed by atoms with E-state index in [2.05, 4.69) is 10.3 Å². The zero-order valence-corrected chi connectivity index (χ0v) is 16.7. The molecule has 2 heterocycles. The van der Waals surface area contributed by atoms with Gasteiger partial charge in [0, 0.05) is 45.0 Å². The number of piperazine rings is 1. The van der Waals surface area contributed by atoms with E-state index in [0.29, 0.717) is 31.7 Å². The second-order valence-electron chi connectivity index (χ2n) is 6.57. The maximum absolute atomic E-state index is 13.1. The maximum Gasteiger partial charge on any atom is 0.244 e. The van der Waals surface area contributed by atoms with E-state index >= 15 is 0 Å². The van der Waals surface area contributed by atoms with Gasteiger partial charge in [-0.2, -0.15) is 4.31 Å². The molecule has 0 atom stereocenters. The quantitative estimate of drug-likeness (QED) is 0.689.